The number of amides is 1. The molecule has 0 bridgehead atoms. The zero-order valence-corrected chi connectivity index (χ0v) is 11.9. The fourth-order valence-electron chi connectivity index (χ4n) is 1.80. The van der Waals surface area contributed by atoms with Crippen LogP contribution in [0.2, 0.25) is 0 Å². The highest BCUT2D eigenvalue weighted by Gasteiger charge is 2.24. The molecule has 2 N–H and O–H groups in total. The van der Waals surface area contributed by atoms with Crippen molar-refractivity contribution in [2.24, 2.45) is 0 Å². The van der Waals surface area contributed by atoms with Gasteiger partial charge in [-0.1, -0.05) is 0 Å². The van der Waals surface area contributed by atoms with Crippen molar-refractivity contribution in [3.05, 3.63) is 33.5 Å². The first-order chi connectivity index (χ1) is 9.96. The summed E-state index contributed by atoms with van der Waals surface area (Å²) in [5.41, 5.74) is 0.0999. The zero-order valence-electron chi connectivity index (χ0n) is 11.1. The third-order valence-electron chi connectivity index (χ3n) is 2.75. The average Bonchev–Trinajstić information content (AvgIpc) is 2.76. The predicted octanol–water partition coefficient (Wildman–Crippen LogP) is 0.957. The van der Waals surface area contributed by atoms with Gasteiger partial charge >= 0.3 is 0 Å². The molecule has 0 aliphatic carbocycles. The van der Waals surface area contributed by atoms with Gasteiger partial charge in [0.1, 0.15) is 5.70 Å². The molecule has 1 aromatic carbocycles. The van der Waals surface area contributed by atoms with E-state index in [0.717, 1.165) is 0 Å². The van der Waals surface area contributed by atoms with Crippen LogP contribution in [0.15, 0.2) is 17.8 Å². The molecule has 1 amide bonds. The Hall–Kier alpha value is -2.68. The largest absolute Gasteiger partial charge is 0.493 e. The van der Waals surface area contributed by atoms with Crippen molar-refractivity contribution < 1.29 is 19.2 Å². The van der Waals surface area contributed by atoms with Crippen LogP contribution in [0.25, 0.3) is 6.08 Å². The van der Waals surface area contributed by atoms with Crippen molar-refractivity contribution in [3.8, 4) is 11.5 Å². The van der Waals surface area contributed by atoms with Gasteiger partial charge in [-0.15, -0.1) is 0 Å². The van der Waals surface area contributed by atoms with Crippen molar-refractivity contribution in [3.63, 3.8) is 0 Å². The number of benzene rings is 1. The van der Waals surface area contributed by atoms with E-state index in [0.29, 0.717) is 5.75 Å². The van der Waals surface area contributed by atoms with Crippen LogP contribution in [0.1, 0.15) is 5.56 Å². The fraction of sp³-hybridized carbons (Fsp3) is 0.167. The lowest BCUT2D eigenvalue weighted by molar-refractivity contribution is -0.385. The lowest BCUT2D eigenvalue weighted by atomic mass is 10.1. The number of methoxy groups -OCH3 is 2. The number of nitro benzene ring substituents is 1. The molecule has 1 aromatic rings. The molecule has 1 fully saturated rings. The van der Waals surface area contributed by atoms with E-state index < -0.39 is 10.8 Å². The van der Waals surface area contributed by atoms with Gasteiger partial charge in [0, 0.05) is 0 Å². The van der Waals surface area contributed by atoms with Crippen LogP contribution in [0.3, 0.4) is 0 Å². The highest BCUT2D eigenvalue weighted by molar-refractivity contribution is 7.80. The maximum Gasteiger partial charge on any atom is 0.280 e. The summed E-state index contributed by atoms with van der Waals surface area (Å²) in [6.45, 7) is 0. The molecule has 1 aliphatic heterocycles. The van der Waals surface area contributed by atoms with E-state index in [4.69, 9.17) is 21.7 Å². The minimum atomic E-state index is -0.570. The van der Waals surface area contributed by atoms with Gasteiger partial charge in [0.2, 0.25) is 0 Å². The van der Waals surface area contributed by atoms with Gasteiger partial charge in [-0.2, -0.15) is 0 Å². The lowest BCUT2D eigenvalue weighted by Crippen LogP contribution is -2.21. The third kappa shape index (κ3) is 2.92. The molecule has 0 saturated carbocycles. The minimum Gasteiger partial charge on any atom is -0.493 e. The quantitative estimate of drug-likeness (QED) is 0.369. The highest BCUT2D eigenvalue weighted by atomic mass is 32.1. The molecule has 9 heteroatoms. The molecular formula is C12H11N3O5S. The molecule has 8 nitrogen and oxygen atoms in total. The number of thiocarbonyl (C=S) groups is 1. The Kier molecular flexibility index (Phi) is 4.03. The van der Waals surface area contributed by atoms with E-state index in [9.17, 15) is 14.9 Å². The number of nitro groups is 1. The first-order valence-corrected chi connectivity index (χ1v) is 6.11. The molecule has 0 atom stereocenters. The molecule has 0 spiro atoms. The molecule has 0 unspecified atom stereocenters. The normalized spacial score (nSPS) is 15.6. The summed E-state index contributed by atoms with van der Waals surface area (Å²) in [7, 11) is 2.79. The fourth-order valence-corrected chi connectivity index (χ4v) is 2.00. The Morgan fingerprint density at radius 3 is 2.33 bits per heavy atom. The number of nitrogens with zero attached hydrogens (tertiary/aromatic N) is 1. The number of hydrogen-bond donors (Lipinski definition) is 2. The Balaban J connectivity index is 2.56. The van der Waals surface area contributed by atoms with Gasteiger partial charge in [0.15, 0.2) is 16.6 Å². The Labute approximate surface area is 124 Å². The number of carbonyl (C=O) groups excluding carboxylic acids is 1. The third-order valence-corrected chi connectivity index (χ3v) is 2.95. The van der Waals surface area contributed by atoms with Gasteiger partial charge in [-0.3, -0.25) is 20.2 Å². The summed E-state index contributed by atoms with van der Waals surface area (Å²) in [6, 6.07) is 2.65. The average molecular weight is 309 g/mol. The standard InChI is InChI=1S/C12H11N3O5S/c1-19-9-4-6(3-7-11(16)14-12(21)13-7)8(15(17)18)5-10(9)20-2/h3-5H,1-2H3,(H2,13,14,16,21). The first kappa shape index (κ1) is 14.7. The van der Waals surface area contributed by atoms with E-state index in [1.54, 1.807) is 0 Å². The van der Waals surface area contributed by atoms with Crippen LogP contribution in [0.4, 0.5) is 5.69 Å². The number of hydrogen-bond acceptors (Lipinski definition) is 6. The van der Waals surface area contributed by atoms with Crippen molar-refractivity contribution in [2.75, 3.05) is 14.2 Å². The second kappa shape index (κ2) is 5.75. The van der Waals surface area contributed by atoms with Crippen LogP contribution in [-0.2, 0) is 4.79 Å². The van der Waals surface area contributed by atoms with E-state index in [1.165, 1.54) is 32.4 Å². The topological polar surface area (TPSA) is 103 Å². The van der Waals surface area contributed by atoms with Gasteiger partial charge in [-0.25, -0.2) is 0 Å². The maximum atomic E-state index is 11.6. The molecule has 1 heterocycles. The van der Waals surface area contributed by atoms with Gasteiger partial charge in [0.05, 0.1) is 30.8 Å². The van der Waals surface area contributed by atoms with Crippen LogP contribution >= 0.6 is 12.2 Å². The van der Waals surface area contributed by atoms with Crippen molar-refractivity contribution in [1.82, 2.24) is 10.6 Å². The molecule has 2 rings (SSSR count). The van der Waals surface area contributed by atoms with Crippen molar-refractivity contribution in [2.45, 2.75) is 0 Å². The summed E-state index contributed by atoms with van der Waals surface area (Å²) in [4.78, 5) is 22.2. The summed E-state index contributed by atoms with van der Waals surface area (Å²) in [5.74, 6) is 0.0886. The smallest absolute Gasteiger partial charge is 0.280 e. The van der Waals surface area contributed by atoms with Crippen LogP contribution < -0.4 is 20.1 Å². The molecule has 110 valence electrons. The maximum absolute atomic E-state index is 11.6. The second-order valence-corrected chi connectivity index (χ2v) is 4.40. The number of nitrogens with one attached hydrogen (secondary N) is 2. The molecule has 21 heavy (non-hydrogen) atoms. The summed E-state index contributed by atoms with van der Waals surface area (Å²) in [6.07, 6.45) is 1.33. The predicted molar refractivity (Wildman–Crippen MR) is 78.1 cm³/mol. The molecule has 0 radical (unpaired) electrons. The second-order valence-electron chi connectivity index (χ2n) is 3.99. The summed E-state index contributed by atoms with van der Waals surface area (Å²) in [5, 5.41) is 16.3. The van der Waals surface area contributed by atoms with Gasteiger partial charge in [-0.05, 0) is 24.4 Å². The van der Waals surface area contributed by atoms with E-state index in [2.05, 4.69) is 10.6 Å². The Morgan fingerprint density at radius 2 is 1.86 bits per heavy atom. The van der Waals surface area contributed by atoms with Gasteiger partial charge < -0.3 is 14.8 Å². The highest BCUT2D eigenvalue weighted by Crippen LogP contribution is 2.35. The molecule has 0 aromatic heterocycles. The Morgan fingerprint density at radius 1 is 1.24 bits per heavy atom. The van der Waals surface area contributed by atoms with E-state index in [-0.39, 0.29) is 27.8 Å². The summed E-state index contributed by atoms with van der Waals surface area (Å²) >= 11 is 4.80. The van der Waals surface area contributed by atoms with Crippen molar-refractivity contribution >= 4 is 35.0 Å². The number of rotatable bonds is 4. The molecule has 1 saturated heterocycles. The monoisotopic (exact) mass is 309 g/mol. The van der Waals surface area contributed by atoms with E-state index in [1.807, 2.05) is 0 Å². The van der Waals surface area contributed by atoms with Crippen LogP contribution in [0.5, 0.6) is 11.5 Å². The summed E-state index contributed by atoms with van der Waals surface area (Å²) < 4.78 is 10.1. The van der Waals surface area contributed by atoms with Gasteiger partial charge in [0.25, 0.3) is 11.6 Å². The minimum absolute atomic E-state index is 0.121. The lowest BCUT2D eigenvalue weighted by Gasteiger charge is -2.09. The SMILES string of the molecule is COc1cc(C=C2NC(=S)NC2=O)c([N+](=O)[O-])cc1OC. The number of ether oxygens (including phenoxy) is 2. The van der Waals surface area contributed by atoms with E-state index >= 15 is 0 Å². The zero-order chi connectivity index (χ0) is 15.6. The molecular weight excluding hydrogens is 298 g/mol. The first-order valence-electron chi connectivity index (χ1n) is 5.70. The van der Waals surface area contributed by atoms with Crippen LogP contribution in [-0.4, -0.2) is 30.2 Å². The Bertz CT molecular complexity index is 671. The number of carbonyl (C=O) groups is 1. The van der Waals surface area contributed by atoms with Crippen molar-refractivity contribution in [1.29, 1.82) is 0 Å². The van der Waals surface area contributed by atoms with Crippen LogP contribution in [0, 0.1) is 10.1 Å². The molecule has 1 aliphatic rings.